The van der Waals surface area contributed by atoms with Crippen molar-refractivity contribution in [1.29, 1.82) is 0 Å². The number of carbonyl (C=O) groups excluding carboxylic acids is 1. The summed E-state index contributed by atoms with van der Waals surface area (Å²) in [6, 6.07) is 5.44. The van der Waals surface area contributed by atoms with Crippen molar-refractivity contribution in [2.75, 3.05) is 5.73 Å². The second-order valence-electron chi connectivity index (χ2n) is 5.32. The Balaban J connectivity index is 2.02. The molecule has 0 aromatic heterocycles. The van der Waals surface area contributed by atoms with E-state index in [2.05, 4.69) is 12.2 Å². The van der Waals surface area contributed by atoms with E-state index in [0.29, 0.717) is 16.3 Å². The number of halogens is 1. The molecule has 2 rings (SSSR count). The highest BCUT2D eigenvalue weighted by Crippen LogP contribution is 2.28. The van der Waals surface area contributed by atoms with Crippen molar-refractivity contribution in [2.24, 2.45) is 5.92 Å². The summed E-state index contributed by atoms with van der Waals surface area (Å²) in [5, 5.41) is 3.44. The largest absolute Gasteiger partial charge is 0.398 e. The van der Waals surface area contributed by atoms with Crippen LogP contribution in [-0.2, 0) is 0 Å². The second-order valence-corrected chi connectivity index (χ2v) is 5.70. The zero-order valence-corrected chi connectivity index (χ0v) is 12.0. The van der Waals surface area contributed by atoms with Crippen molar-refractivity contribution in [1.82, 2.24) is 5.32 Å². The Hall–Kier alpha value is -1.22. The first-order valence-electron chi connectivity index (χ1n) is 6.96. The highest BCUT2D eigenvalue weighted by Gasteiger charge is 2.23. The Morgan fingerprint density at radius 3 is 3.00 bits per heavy atom. The summed E-state index contributed by atoms with van der Waals surface area (Å²) in [5.41, 5.74) is 6.64. The van der Waals surface area contributed by atoms with Gasteiger partial charge in [-0.3, -0.25) is 4.79 Å². The molecule has 0 radical (unpaired) electrons. The third-order valence-electron chi connectivity index (χ3n) is 3.97. The first kappa shape index (κ1) is 14.2. The maximum atomic E-state index is 12.2. The van der Waals surface area contributed by atoms with Crippen LogP contribution in [0.2, 0.25) is 5.02 Å². The molecule has 19 heavy (non-hydrogen) atoms. The maximum absolute atomic E-state index is 12.2. The highest BCUT2D eigenvalue weighted by molar-refractivity contribution is 6.36. The molecule has 2 unspecified atom stereocenters. The molecule has 1 saturated carbocycles. The fourth-order valence-electron chi connectivity index (χ4n) is 2.78. The molecule has 1 fully saturated rings. The van der Waals surface area contributed by atoms with Crippen LogP contribution in [0.4, 0.5) is 5.69 Å². The van der Waals surface area contributed by atoms with Gasteiger partial charge in [-0.25, -0.2) is 0 Å². The Labute approximate surface area is 119 Å². The molecule has 0 saturated heterocycles. The summed E-state index contributed by atoms with van der Waals surface area (Å²) < 4.78 is 0. The van der Waals surface area contributed by atoms with Gasteiger partial charge in [0.15, 0.2) is 0 Å². The third kappa shape index (κ3) is 3.41. The molecule has 1 amide bonds. The van der Waals surface area contributed by atoms with E-state index in [4.69, 9.17) is 17.3 Å². The van der Waals surface area contributed by atoms with E-state index < -0.39 is 0 Å². The van der Waals surface area contributed by atoms with E-state index in [1.807, 2.05) is 0 Å². The first-order valence-corrected chi connectivity index (χ1v) is 7.34. The van der Waals surface area contributed by atoms with Crippen LogP contribution in [0.15, 0.2) is 18.2 Å². The molecule has 0 spiro atoms. The number of hydrogen-bond acceptors (Lipinski definition) is 2. The average molecular weight is 281 g/mol. The molecule has 1 aromatic carbocycles. The van der Waals surface area contributed by atoms with Crippen LogP contribution in [0.3, 0.4) is 0 Å². The summed E-state index contributed by atoms with van der Waals surface area (Å²) in [6.45, 7) is 2.21. The van der Waals surface area contributed by atoms with Crippen molar-refractivity contribution in [3.05, 3.63) is 28.8 Å². The molecular weight excluding hydrogens is 260 g/mol. The zero-order valence-electron chi connectivity index (χ0n) is 11.3. The Morgan fingerprint density at radius 1 is 1.47 bits per heavy atom. The molecule has 2 atom stereocenters. The van der Waals surface area contributed by atoms with Gasteiger partial charge in [0.1, 0.15) is 0 Å². The monoisotopic (exact) mass is 280 g/mol. The average Bonchev–Trinajstić information content (AvgIpc) is 2.42. The molecule has 3 nitrogen and oxygen atoms in total. The number of hydrogen-bond donors (Lipinski definition) is 2. The topological polar surface area (TPSA) is 55.1 Å². The number of amides is 1. The summed E-state index contributed by atoms with van der Waals surface area (Å²) in [5.74, 6) is 0.620. The number of rotatable bonds is 3. The number of nitrogen functional groups attached to an aromatic ring is 1. The summed E-state index contributed by atoms with van der Waals surface area (Å²) in [6.07, 6.45) is 5.78. The van der Waals surface area contributed by atoms with Crippen LogP contribution in [0.25, 0.3) is 0 Å². The van der Waals surface area contributed by atoms with Crippen LogP contribution in [0, 0.1) is 5.92 Å². The van der Waals surface area contributed by atoms with E-state index in [-0.39, 0.29) is 11.9 Å². The van der Waals surface area contributed by atoms with Crippen molar-refractivity contribution >= 4 is 23.2 Å². The highest BCUT2D eigenvalue weighted by atomic mass is 35.5. The number of nitrogens with one attached hydrogen (secondary N) is 1. The van der Waals surface area contributed by atoms with Gasteiger partial charge in [-0.2, -0.15) is 0 Å². The van der Waals surface area contributed by atoms with Gasteiger partial charge >= 0.3 is 0 Å². The van der Waals surface area contributed by atoms with E-state index in [0.717, 1.165) is 18.8 Å². The van der Waals surface area contributed by atoms with Crippen molar-refractivity contribution in [3.63, 3.8) is 0 Å². The number of anilines is 1. The molecule has 104 valence electrons. The lowest BCUT2D eigenvalue weighted by Gasteiger charge is -2.29. The van der Waals surface area contributed by atoms with Crippen LogP contribution in [-0.4, -0.2) is 11.9 Å². The number of nitrogens with two attached hydrogens (primary N) is 1. The lowest BCUT2D eigenvalue weighted by atomic mass is 9.84. The summed E-state index contributed by atoms with van der Waals surface area (Å²) >= 11 is 6.08. The lowest BCUT2D eigenvalue weighted by Crippen LogP contribution is -2.38. The van der Waals surface area contributed by atoms with E-state index in [1.165, 1.54) is 19.3 Å². The van der Waals surface area contributed by atoms with Gasteiger partial charge in [0.2, 0.25) is 0 Å². The van der Waals surface area contributed by atoms with Crippen molar-refractivity contribution < 1.29 is 4.79 Å². The molecule has 0 heterocycles. The first-order chi connectivity index (χ1) is 9.11. The fraction of sp³-hybridized carbons (Fsp3) is 0.533. The minimum absolute atomic E-state index is 0.112. The van der Waals surface area contributed by atoms with E-state index in [9.17, 15) is 4.79 Å². The quantitative estimate of drug-likeness (QED) is 0.831. The van der Waals surface area contributed by atoms with Crippen LogP contribution < -0.4 is 11.1 Å². The van der Waals surface area contributed by atoms with Crippen molar-refractivity contribution in [2.45, 2.75) is 45.1 Å². The standard InChI is InChI=1S/C15H21ClN2O/c1-2-10-5-3-6-11(9-10)18-15(19)12-7-4-8-13(17)14(12)16/h4,7-8,10-11H,2-3,5-6,9,17H2,1H3,(H,18,19). The van der Waals surface area contributed by atoms with Gasteiger partial charge in [-0.15, -0.1) is 0 Å². The molecule has 3 N–H and O–H groups in total. The van der Waals surface area contributed by atoms with E-state index in [1.54, 1.807) is 18.2 Å². The Kier molecular flexibility index (Phi) is 4.70. The maximum Gasteiger partial charge on any atom is 0.253 e. The van der Waals surface area contributed by atoms with Crippen molar-refractivity contribution in [3.8, 4) is 0 Å². The Morgan fingerprint density at radius 2 is 2.26 bits per heavy atom. The minimum Gasteiger partial charge on any atom is -0.398 e. The minimum atomic E-state index is -0.112. The van der Waals surface area contributed by atoms with Gasteiger partial charge in [0.25, 0.3) is 5.91 Å². The Bertz CT molecular complexity index is 461. The van der Waals surface area contributed by atoms with Gasteiger partial charge in [0, 0.05) is 6.04 Å². The predicted octanol–water partition coefficient (Wildman–Crippen LogP) is 3.62. The van der Waals surface area contributed by atoms with Gasteiger partial charge < -0.3 is 11.1 Å². The smallest absolute Gasteiger partial charge is 0.253 e. The van der Waals surface area contributed by atoms with Crippen LogP contribution in [0.1, 0.15) is 49.4 Å². The molecule has 1 aliphatic carbocycles. The zero-order chi connectivity index (χ0) is 13.8. The molecule has 4 heteroatoms. The molecular formula is C15H21ClN2O. The SMILES string of the molecule is CCC1CCCC(NC(=O)c2cccc(N)c2Cl)C1. The van der Waals surface area contributed by atoms with Gasteiger partial charge in [0.05, 0.1) is 16.3 Å². The van der Waals surface area contributed by atoms with Gasteiger partial charge in [-0.1, -0.05) is 43.9 Å². The molecule has 0 bridgehead atoms. The number of carbonyl (C=O) groups is 1. The van der Waals surface area contributed by atoms with Crippen LogP contribution in [0.5, 0.6) is 0 Å². The van der Waals surface area contributed by atoms with E-state index >= 15 is 0 Å². The second kappa shape index (κ2) is 6.29. The predicted molar refractivity (Wildman–Crippen MR) is 79.4 cm³/mol. The molecule has 1 aromatic rings. The summed E-state index contributed by atoms with van der Waals surface area (Å²) in [7, 11) is 0. The van der Waals surface area contributed by atoms with Crippen LogP contribution >= 0.6 is 11.6 Å². The number of benzene rings is 1. The normalized spacial score (nSPS) is 23.1. The molecule has 1 aliphatic rings. The third-order valence-corrected chi connectivity index (χ3v) is 4.39. The fourth-order valence-corrected chi connectivity index (χ4v) is 2.99. The van der Waals surface area contributed by atoms with Gasteiger partial charge in [-0.05, 0) is 30.9 Å². The lowest BCUT2D eigenvalue weighted by molar-refractivity contribution is 0.0919. The summed E-state index contributed by atoms with van der Waals surface area (Å²) in [4.78, 5) is 12.2. The molecule has 0 aliphatic heterocycles.